The Morgan fingerprint density at radius 1 is 1.36 bits per heavy atom. The van der Waals surface area contributed by atoms with Crippen molar-refractivity contribution in [1.29, 1.82) is 0 Å². The molecule has 3 heteroatoms. The molecule has 2 aliphatic rings. The Bertz CT molecular complexity index is 284. The van der Waals surface area contributed by atoms with Crippen LogP contribution < -0.4 is 5.73 Å². The number of carbonyl (C=O) groups excluding carboxylic acids is 1. The van der Waals surface area contributed by atoms with Crippen LogP contribution in [0.2, 0.25) is 0 Å². The number of hydrogen-bond acceptors (Lipinski definition) is 3. The van der Waals surface area contributed by atoms with Gasteiger partial charge in [-0.15, -0.1) is 0 Å². The zero-order valence-electron chi connectivity index (χ0n) is 8.28. The third-order valence-corrected chi connectivity index (χ3v) is 2.80. The van der Waals surface area contributed by atoms with Gasteiger partial charge in [0, 0.05) is 37.7 Å². The molecule has 2 N–H and O–H groups in total. The number of rotatable bonds is 1. The van der Waals surface area contributed by atoms with Crippen molar-refractivity contribution in [2.45, 2.75) is 25.3 Å². The minimum atomic E-state index is 0.171. The molecule has 14 heavy (non-hydrogen) atoms. The maximum absolute atomic E-state index is 11.1. The predicted octanol–water partition coefficient (Wildman–Crippen LogP) is 0.822. The first-order chi connectivity index (χ1) is 6.75. The van der Waals surface area contributed by atoms with Crippen LogP contribution in [0.1, 0.15) is 19.3 Å². The van der Waals surface area contributed by atoms with E-state index in [0.29, 0.717) is 18.6 Å². The number of allylic oxidation sites excluding steroid dienone is 1. The SMILES string of the molecule is N[C@H]1C=CC(N2CCC(=O)CC2)=CC1. The Labute approximate surface area is 84.3 Å². The molecule has 0 spiro atoms. The lowest BCUT2D eigenvalue weighted by Gasteiger charge is -2.30. The largest absolute Gasteiger partial charge is 0.371 e. The summed E-state index contributed by atoms with van der Waals surface area (Å²) in [5.74, 6) is 0.387. The van der Waals surface area contributed by atoms with Gasteiger partial charge in [-0.05, 0) is 12.5 Å². The number of ketones is 1. The van der Waals surface area contributed by atoms with Gasteiger partial charge in [0.2, 0.25) is 0 Å². The molecule has 76 valence electrons. The molecule has 0 unspecified atom stereocenters. The van der Waals surface area contributed by atoms with E-state index in [1.54, 1.807) is 0 Å². The Hall–Kier alpha value is -1.09. The van der Waals surface area contributed by atoms with Crippen molar-refractivity contribution in [2.24, 2.45) is 5.73 Å². The lowest BCUT2D eigenvalue weighted by atomic mass is 10.0. The fourth-order valence-corrected chi connectivity index (χ4v) is 1.87. The van der Waals surface area contributed by atoms with Gasteiger partial charge in [-0.1, -0.05) is 12.2 Å². The van der Waals surface area contributed by atoms with Gasteiger partial charge in [-0.25, -0.2) is 0 Å². The monoisotopic (exact) mass is 192 g/mol. The Morgan fingerprint density at radius 2 is 2.07 bits per heavy atom. The number of nitrogens with zero attached hydrogens (tertiary/aromatic N) is 1. The Balaban J connectivity index is 1.96. The molecule has 0 aromatic rings. The van der Waals surface area contributed by atoms with Gasteiger partial charge in [0.05, 0.1) is 0 Å². The first-order valence-corrected chi connectivity index (χ1v) is 5.16. The van der Waals surface area contributed by atoms with Crippen molar-refractivity contribution in [3.8, 4) is 0 Å². The lowest BCUT2D eigenvalue weighted by molar-refractivity contribution is -0.121. The summed E-state index contributed by atoms with van der Waals surface area (Å²) in [6.07, 6.45) is 8.57. The summed E-state index contributed by atoms with van der Waals surface area (Å²) < 4.78 is 0. The van der Waals surface area contributed by atoms with Crippen LogP contribution >= 0.6 is 0 Å². The summed E-state index contributed by atoms with van der Waals surface area (Å²) in [7, 11) is 0. The molecule has 1 aliphatic carbocycles. The molecule has 1 aliphatic heterocycles. The standard InChI is InChI=1S/C11H16N2O/c12-9-1-3-10(4-2-9)13-7-5-11(14)6-8-13/h1,3-4,9H,2,5-8,12H2/t9-/m0/s1. The third-order valence-electron chi connectivity index (χ3n) is 2.80. The van der Waals surface area contributed by atoms with Crippen molar-refractivity contribution < 1.29 is 4.79 Å². The van der Waals surface area contributed by atoms with Gasteiger partial charge in [-0.2, -0.15) is 0 Å². The highest BCUT2D eigenvalue weighted by molar-refractivity contribution is 5.79. The Morgan fingerprint density at radius 3 is 2.64 bits per heavy atom. The molecule has 0 aromatic heterocycles. The van der Waals surface area contributed by atoms with Gasteiger partial charge in [0.1, 0.15) is 5.78 Å². The second-order valence-electron chi connectivity index (χ2n) is 3.91. The van der Waals surface area contributed by atoms with Crippen LogP contribution in [-0.2, 0) is 4.79 Å². The second kappa shape index (κ2) is 3.96. The van der Waals surface area contributed by atoms with E-state index >= 15 is 0 Å². The van der Waals surface area contributed by atoms with E-state index in [1.165, 1.54) is 5.70 Å². The summed E-state index contributed by atoms with van der Waals surface area (Å²) in [6.45, 7) is 1.73. The van der Waals surface area contributed by atoms with Crippen LogP contribution in [0.25, 0.3) is 0 Å². The molecule has 0 amide bonds. The molecule has 0 bridgehead atoms. The first kappa shape index (κ1) is 9.46. The molecule has 0 radical (unpaired) electrons. The van der Waals surface area contributed by atoms with Gasteiger partial charge < -0.3 is 10.6 Å². The van der Waals surface area contributed by atoms with E-state index in [2.05, 4.69) is 17.1 Å². The van der Waals surface area contributed by atoms with Crippen LogP contribution in [0.3, 0.4) is 0 Å². The zero-order valence-corrected chi connectivity index (χ0v) is 8.28. The van der Waals surface area contributed by atoms with Crippen LogP contribution in [0.5, 0.6) is 0 Å². The van der Waals surface area contributed by atoms with Crippen molar-refractivity contribution in [3.05, 3.63) is 23.9 Å². The molecule has 3 nitrogen and oxygen atoms in total. The quantitative estimate of drug-likeness (QED) is 0.669. The molecule has 2 rings (SSSR count). The summed E-state index contributed by atoms with van der Waals surface area (Å²) in [4.78, 5) is 13.3. The molecular weight excluding hydrogens is 176 g/mol. The van der Waals surface area contributed by atoms with E-state index < -0.39 is 0 Å². The highest BCUT2D eigenvalue weighted by atomic mass is 16.1. The summed E-state index contributed by atoms with van der Waals surface area (Å²) in [5.41, 5.74) is 6.98. The van der Waals surface area contributed by atoms with E-state index in [9.17, 15) is 4.79 Å². The minimum absolute atomic E-state index is 0.171. The molecule has 1 atom stereocenters. The van der Waals surface area contributed by atoms with Gasteiger partial charge in [-0.3, -0.25) is 4.79 Å². The van der Waals surface area contributed by atoms with Crippen LogP contribution in [0.15, 0.2) is 23.9 Å². The van der Waals surface area contributed by atoms with Crippen molar-refractivity contribution in [2.75, 3.05) is 13.1 Å². The Kier molecular flexibility index (Phi) is 2.68. The molecule has 0 saturated carbocycles. The summed E-state index contributed by atoms with van der Waals surface area (Å²) in [5, 5.41) is 0. The van der Waals surface area contributed by atoms with E-state index in [0.717, 1.165) is 19.5 Å². The van der Waals surface area contributed by atoms with Crippen LogP contribution in [-0.4, -0.2) is 29.8 Å². The molecular formula is C11H16N2O. The highest BCUT2D eigenvalue weighted by Gasteiger charge is 2.18. The third kappa shape index (κ3) is 2.04. The van der Waals surface area contributed by atoms with Gasteiger partial charge >= 0.3 is 0 Å². The zero-order chi connectivity index (χ0) is 9.97. The first-order valence-electron chi connectivity index (χ1n) is 5.16. The predicted molar refractivity (Wildman–Crippen MR) is 55.6 cm³/mol. The minimum Gasteiger partial charge on any atom is -0.371 e. The number of carbonyl (C=O) groups is 1. The van der Waals surface area contributed by atoms with Crippen LogP contribution in [0.4, 0.5) is 0 Å². The average Bonchev–Trinajstić information content (AvgIpc) is 2.21. The van der Waals surface area contributed by atoms with Crippen molar-refractivity contribution >= 4 is 5.78 Å². The summed E-state index contributed by atoms with van der Waals surface area (Å²) in [6, 6.07) is 0.171. The molecule has 1 heterocycles. The van der Waals surface area contributed by atoms with Crippen molar-refractivity contribution in [1.82, 2.24) is 4.90 Å². The number of nitrogens with two attached hydrogens (primary N) is 1. The van der Waals surface area contributed by atoms with Crippen LogP contribution in [0, 0.1) is 0 Å². The van der Waals surface area contributed by atoms with Gasteiger partial charge in [0.15, 0.2) is 0 Å². The molecule has 1 fully saturated rings. The van der Waals surface area contributed by atoms with E-state index in [1.807, 2.05) is 6.08 Å². The number of piperidine rings is 1. The average molecular weight is 192 g/mol. The highest BCUT2D eigenvalue weighted by Crippen LogP contribution is 2.17. The van der Waals surface area contributed by atoms with Crippen molar-refractivity contribution in [3.63, 3.8) is 0 Å². The second-order valence-corrected chi connectivity index (χ2v) is 3.91. The number of hydrogen-bond donors (Lipinski definition) is 1. The number of likely N-dealkylation sites (tertiary alicyclic amines) is 1. The molecule has 0 aromatic carbocycles. The van der Waals surface area contributed by atoms with E-state index in [-0.39, 0.29) is 6.04 Å². The molecule has 1 saturated heterocycles. The summed E-state index contributed by atoms with van der Waals surface area (Å²) >= 11 is 0. The van der Waals surface area contributed by atoms with E-state index in [4.69, 9.17) is 5.73 Å². The maximum Gasteiger partial charge on any atom is 0.136 e. The number of Topliss-reactive ketones (excluding diaryl/α,β-unsaturated/α-hetero) is 1. The fraction of sp³-hybridized carbons (Fsp3) is 0.545. The lowest BCUT2D eigenvalue weighted by Crippen LogP contribution is -2.33. The smallest absolute Gasteiger partial charge is 0.136 e. The maximum atomic E-state index is 11.1. The fourth-order valence-electron chi connectivity index (χ4n) is 1.87. The topological polar surface area (TPSA) is 46.3 Å². The van der Waals surface area contributed by atoms with Gasteiger partial charge in [0.25, 0.3) is 0 Å². The normalized spacial score (nSPS) is 27.8.